The van der Waals surface area contributed by atoms with Gasteiger partial charge in [-0.3, -0.25) is 0 Å². The Labute approximate surface area is 412 Å². The van der Waals surface area contributed by atoms with E-state index in [-0.39, 0.29) is 0 Å². The highest BCUT2D eigenvalue weighted by molar-refractivity contribution is 7.20. The summed E-state index contributed by atoms with van der Waals surface area (Å²) in [6, 6.07) is 12.3. The van der Waals surface area contributed by atoms with Gasteiger partial charge in [-0.05, 0) is 35.7 Å². The van der Waals surface area contributed by atoms with E-state index in [1.54, 1.807) is 0 Å². The maximum Gasteiger partial charge on any atom is 0.416 e. The first-order valence-electron chi connectivity index (χ1n) is 21.1. The number of benzene rings is 6. The summed E-state index contributed by atoms with van der Waals surface area (Å²) >= 11 is 0. The molecule has 76 heavy (non-hydrogen) atoms. The average molecular weight is 1110 g/mol. The Morgan fingerprint density at radius 2 is 0.605 bits per heavy atom. The average Bonchev–Trinajstić information content (AvgIpc) is 3.30. The lowest BCUT2D eigenvalue weighted by molar-refractivity contribution is -0.688. The first-order valence-corrected chi connectivity index (χ1v) is 21.1. The molecule has 0 atom stereocenters. The molecule has 0 aliphatic rings. The van der Waals surface area contributed by atoms with Crippen molar-refractivity contribution in [2.24, 2.45) is 0 Å². The largest absolute Gasteiger partial charge is 0.416 e. The molecule has 1 nitrogen and oxygen atoms in total. The van der Waals surface area contributed by atoms with E-state index in [2.05, 4.69) is 71.9 Å². The Morgan fingerprint density at radius 3 is 0.868 bits per heavy atom. The molecule has 1 aromatic heterocycles. The van der Waals surface area contributed by atoms with Gasteiger partial charge in [-0.25, -0.2) is 0 Å². The maximum absolute atomic E-state index is 14.2. The van der Waals surface area contributed by atoms with Gasteiger partial charge in [0.2, 0.25) is 5.69 Å². The molecule has 0 spiro atoms. The van der Waals surface area contributed by atoms with Crippen molar-refractivity contribution in [2.75, 3.05) is 0 Å². The zero-order valence-electron chi connectivity index (χ0n) is 37.4. The summed E-state index contributed by atoms with van der Waals surface area (Å²) in [6.45, 7) is 4.83. The molecule has 0 unspecified atom stereocenters. The lowest BCUT2D eigenvalue weighted by Gasteiger charge is -2.46. The fourth-order valence-electron chi connectivity index (χ4n) is 8.50. The lowest BCUT2D eigenvalue weighted by Crippen LogP contribution is -2.75. The summed E-state index contributed by atoms with van der Waals surface area (Å²) in [4.78, 5) is 0. The summed E-state index contributed by atoms with van der Waals surface area (Å²) < 4.78 is 343. The number of aromatic nitrogens is 1. The first kappa shape index (κ1) is 58.1. The van der Waals surface area contributed by atoms with Crippen molar-refractivity contribution in [1.82, 2.24) is 0 Å². The third-order valence-corrected chi connectivity index (χ3v) is 11.8. The maximum atomic E-state index is 14.2. The molecule has 0 aliphatic heterocycles. The van der Waals surface area contributed by atoms with E-state index in [0.29, 0.717) is 0 Å². The highest BCUT2D eigenvalue weighted by atomic mass is 19.4. The van der Waals surface area contributed by atoms with Gasteiger partial charge in [-0.1, -0.05) is 104 Å². The molecule has 0 aliphatic carbocycles. The van der Waals surface area contributed by atoms with E-state index in [1.807, 2.05) is 12.1 Å². The van der Waals surface area contributed by atoms with Crippen LogP contribution in [-0.4, -0.2) is 6.15 Å². The van der Waals surface area contributed by atoms with Crippen molar-refractivity contribution in [3.05, 3.63) is 202 Å². The summed E-state index contributed by atoms with van der Waals surface area (Å²) in [7, 11) is 0. The standard InChI is InChI=1S/C32H12BF24.C18H16N/c34-25(35,36)13-1-14(26(37,38)39)6-21(5-13)33(22-7-15(27(40,41)42)2-16(8-22)28(43,44)45,23-9-17(29(46,47)48)3-18(10-23)30(49,50)51)24-11-19(31(52,53)54)4-20(12-24)32(55,56)57;1-2-18-17-11-7-6-10-16(17)12-13-19(18)14-15-8-4-3-5-9-15/h1-12H;2-13H,1,14H2/q-1;+1. The fourth-order valence-corrected chi connectivity index (χ4v) is 8.50. The van der Waals surface area contributed by atoms with Gasteiger partial charge in [0.05, 0.1) is 49.9 Å². The number of hydrogen-bond donors (Lipinski definition) is 0. The second-order valence-corrected chi connectivity index (χ2v) is 16.8. The van der Waals surface area contributed by atoms with Crippen molar-refractivity contribution >= 4 is 44.8 Å². The second-order valence-electron chi connectivity index (χ2n) is 16.8. The van der Waals surface area contributed by atoms with Crippen LogP contribution in [0, 0.1) is 0 Å². The van der Waals surface area contributed by atoms with Crippen molar-refractivity contribution in [2.45, 2.75) is 56.0 Å². The zero-order valence-corrected chi connectivity index (χ0v) is 37.4. The minimum Gasteiger partial charge on any atom is -0.194 e. The van der Waals surface area contributed by atoms with Crippen LogP contribution in [0.25, 0.3) is 16.8 Å². The molecule has 0 saturated carbocycles. The molecule has 0 N–H and O–H groups in total. The molecule has 0 saturated heterocycles. The molecule has 7 aromatic rings. The van der Waals surface area contributed by atoms with Crippen molar-refractivity contribution in [3.8, 4) is 0 Å². The van der Waals surface area contributed by atoms with Gasteiger partial charge in [0, 0.05) is 17.7 Å². The SMILES string of the molecule is C=Cc1c2ccccc2cc[n+]1Cc1ccccc1.FC(F)(F)c1cc([B-](c2cc(C(F)(F)F)cc(C(F)(F)F)c2)(c2cc(C(F)(F)F)cc(C(F)(F)F)c2)c2cc(C(F)(F)F)cc(C(F)(F)F)c2)cc(C(F)(F)F)c1. The predicted molar refractivity (Wildman–Crippen MR) is 230 cm³/mol. The second kappa shape index (κ2) is 20.1. The van der Waals surface area contributed by atoms with Crippen molar-refractivity contribution in [1.29, 1.82) is 0 Å². The fraction of sp³-hybridized carbons (Fsp3) is 0.180. The van der Waals surface area contributed by atoms with E-state index in [0.717, 1.165) is 6.54 Å². The van der Waals surface area contributed by atoms with Crippen LogP contribution in [0.3, 0.4) is 0 Å². The third-order valence-electron chi connectivity index (χ3n) is 11.8. The van der Waals surface area contributed by atoms with Gasteiger partial charge >= 0.3 is 49.4 Å². The third kappa shape index (κ3) is 12.7. The number of halogens is 24. The van der Waals surface area contributed by atoms with Gasteiger partial charge in [0.15, 0.2) is 12.7 Å². The number of alkyl halides is 24. The number of pyridine rings is 1. The van der Waals surface area contributed by atoms with Crippen LogP contribution in [0.4, 0.5) is 105 Å². The Morgan fingerprint density at radius 1 is 0.342 bits per heavy atom. The molecule has 404 valence electrons. The number of hydrogen-bond acceptors (Lipinski definition) is 0. The van der Waals surface area contributed by atoms with E-state index in [1.165, 1.54) is 22.0 Å². The molecular formula is C50H28BF24N. The molecule has 0 radical (unpaired) electrons. The smallest absolute Gasteiger partial charge is 0.194 e. The Balaban J connectivity index is 0.000000408. The number of fused-ring (bicyclic) bond motifs is 1. The van der Waals surface area contributed by atoms with Gasteiger partial charge in [0.25, 0.3) is 0 Å². The van der Waals surface area contributed by atoms with Crippen LogP contribution in [-0.2, 0) is 56.0 Å². The van der Waals surface area contributed by atoms with Crippen LogP contribution >= 0.6 is 0 Å². The van der Waals surface area contributed by atoms with Crippen LogP contribution in [0.15, 0.2) is 146 Å². The molecule has 7 rings (SSSR count). The van der Waals surface area contributed by atoms with E-state index in [9.17, 15) is 105 Å². The normalized spacial score (nSPS) is 13.4. The van der Waals surface area contributed by atoms with Crippen molar-refractivity contribution < 1.29 is 110 Å². The van der Waals surface area contributed by atoms with Gasteiger partial charge < -0.3 is 0 Å². The van der Waals surface area contributed by atoms with Gasteiger partial charge in [-0.2, -0.15) is 132 Å². The Bertz CT molecular complexity index is 2810. The molecule has 0 bridgehead atoms. The molecule has 6 aromatic carbocycles. The van der Waals surface area contributed by atoms with Crippen LogP contribution in [0.2, 0.25) is 0 Å². The van der Waals surface area contributed by atoms with E-state index >= 15 is 0 Å². The molecule has 0 amide bonds. The van der Waals surface area contributed by atoms with Gasteiger partial charge in [0.1, 0.15) is 6.15 Å². The lowest BCUT2D eigenvalue weighted by atomic mass is 9.12. The summed E-state index contributed by atoms with van der Waals surface area (Å²) in [5, 5.41) is 2.50. The number of nitrogens with zero attached hydrogens (tertiary/aromatic N) is 1. The van der Waals surface area contributed by atoms with Crippen molar-refractivity contribution in [3.63, 3.8) is 0 Å². The first-order chi connectivity index (χ1) is 34.6. The summed E-state index contributed by atoms with van der Waals surface area (Å²) in [6.07, 6.45) is -50.7. The quantitative estimate of drug-likeness (QED) is 0.0851. The van der Waals surface area contributed by atoms with Crippen LogP contribution < -0.4 is 26.4 Å². The van der Waals surface area contributed by atoms with Gasteiger partial charge in [-0.15, -0.1) is 0 Å². The Kier molecular flexibility index (Phi) is 15.4. The topological polar surface area (TPSA) is 3.88 Å². The molecule has 26 heteroatoms. The molecule has 1 heterocycles. The summed E-state index contributed by atoms with van der Waals surface area (Å²) in [5.41, 5.74) is -27.7. The van der Waals surface area contributed by atoms with E-state index < -0.39 is 195 Å². The number of rotatable bonds is 7. The summed E-state index contributed by atoms with van der Waals surface area (Å²) in [5.74, 6) is 0. The Hall–Kier alpha value is -7.15. The van der Waals surface area contributed by atoms with Crippen LogP contribution in [0.1, 0.15) is 55.8 Å². The van der Waals surface area contributed by atoms with Crippen LogP contribution in [0.5, 0.6) is 0 Å². The van der Waals surface area contributed by atoms with E-state index in [4.69, 9.17) is 0 Å². The highest BCUT2D eigenvalue weighted by Gasteiger charge is 2.47. The minimum absolute atomic E-state index is 0.691. The minimum atomic E-state index is -6.13. The monoisotopic (exact) mass is 1110 g/mol. The predicted octanol–water partition coefficient (Wildman–Crippen LogP) is 15.0. The zero-order chi connectivity index (χ0) is 57.0. The highest BCUT2D eigenvalue weighted by Crippen LogP contribution is 2.41. The molecular weight excluding hydrogens is 1080 g/mol. The molecule has 0 fully saturated rings.